The van der Waals surface area contributed by atoms with Crippen LogP contribution in [0.5, 0.6) is 0 Å². The van der Waals surface area contributed by atoms with Gasteiger partial charge in [0, 0.05) is 22.9 Å². The number of hydrogen-bond donors (Lipinski definition) is 0. The summed E-state index contributed by atoms with van der Waals surface area (Å²) in [6, 6.07) is 14.3. The Morgan fingerprint density at radius 2 is 1.73 bits per heavy atom. The van der Waals surface area contributed by atoms with Gasteiger partial charge in [0.25, 0.3) is 0 Å². The molecule has 0 saturated carbocycles. The number of nitrogens with zero attached hydrogens (tertiary/aromatic N) is 2. The first-order chi connectivity index (χ1) is 10.1. The molecule has 1 unspecified atom stereocenters. The molecule has 7 heteroatoms. The Morgan fingerprint density at radius 1 is 1.09 bits per heavy atom. The SMILES string of the molecule is O=S([O-])c1ccc(N2CCC(c3ccc(Cl)cc3)=N2)cc1.[Na+]. The smallest absolute Gasteiger partial charge is 0.768 e. The summed E-state index contributed by atoms with van der Waals surface area (Å²) in [6.45, 7) is 0.776. The van der Waals surface area contributed by atoms with Crippen LogP contribution in [0.2, 0.25) is 5.02 Å². The molecule has 0 spiro atoms. The topological polar surface area (TPSA) is 55.7 Å². The fourth-order valence-electron chi connectivity index (χ4n) is 2.22. The van der Waals surface area contributed by atoms with Gasteiger partial charge in [0.2, 0.25) is 0 Å². The molecule has 0 saturated heterocycles. The van der Waals surface area contributed by atoms with E-state index in [1.807, 2.05) is 29.3 Å². The standard InChI is InChI=1S/C15H13ClN2O2S.Na/c16-12-3-1-11(2-4-12)15-9-10-18(17-15)13-5-7-14(8-6-13)21(19)20;/h1-8H,9-10H2,(H,19,20);/q;+1/p-1. The van der Waals surface area contributed by atoms with Gasteiger partial charge in [0.05, 0.1) is 11.4 Å². The second kappa shape index (κ2) is 7.73. The largest absolute Gasteiger partial charge is 1.00 e. The molecule has 3 rings (SSSR count). The summed E-state index contributed by atoms with van der Waals surface area (Å²) in [5.41, 5.74) is 2.94. The van der Waals surface area contributed by atoms with E-state index in [4.69, 9.17) is 11.6 Å². The van der Waals surface area contributed by atoms with E-state index >= 15 is 0 Å². The van der Waals surface area contributed by atoms with Crippen molar-refractivity contribution in [3.8, 4) is 0 Å². The van der Waals surface area contributed by atoms with Crippen molar-refractivity contribution in [1.29, 1.82) is 0 Å². The van der Waals surface area contributed by atoms with E-state index in [-0.39, 0.29) is 34.5 Å². The van der Waals surface area contributed by atoms with Crippen LogP contribution >= 0.6 is 11.6 Å². The zero-order chi connectivity index (χ0) is 14.8. The molecule has 0 aromatic heterocycles. The quantitative estimate of drug-likeness (QED) is 0.591. The summed E-state index contributed by atoms with van der Waals surface area (Å²) in [6.07, 6.45) is 0.844. The van der Waals surface area contributed by atoms with Crippen LogP contribution in [-0.4, -0.2) is 21.0 Å². The van der Waals surface area contributed by atoms with E-state index < -0.39 is 11.1 Å². The molecule has 0 radical (unpaired) electrons. The van der Waals surface area contributed by atoms with Gasteiger partial charge in [-0.25, -0.2) is 0 Å². The summed E-state index contributed by atoms with van der Waals surface area (Å²) in [5, 5.41) is 7.17. The molecular formula is C15H12ClN2NaO2S. The summed E-state index contributed by atoms with van der Waals surface area (Å²) in [4.78, 5) is 0.278. The van der Waals surface area contributed by atoms with E-state index in [0.717, 1.165) is 29.9 Å². The third-order valence-electron chi connectivity index (χ3n) is 3.31. The van der Waals surface area contributed by atoms with Crippen LogP contribution in [0, 0.1) is 0 Å². The van der Waals surface area contributed by atoms with Crippen LogP contribution in [-0.2, 0) is 11.1 Å². The molecule has 1 atom stereocenters. The zero-order valence-corrected chi connectivity index (χ0v) is 15.6. The number of benzene rings is 2. The fraction of sp³-hybridized carbons (Fsp3) is 0.133. The summed E-state index contributed by atoms with van der Waals surface area (Å²) >= 11 is 3.69. The van der Waals surface area contributed by atoms with Gasteiger partial charge >= 0.3 is 29.6 Å². The molecule has 1 aliphatic rings. The second-order valence-electron chi connectivity index (χ2n) is 4.66. The number of hydrogen-bond acceptors (Lipinski definition) is 4. The molecule has 108 valence electrons. The van der Waals surface area contributed by atoms with E-state index in [0.29, 0.717) is 5.02 Å². The summed E-state index contributed by atoms with van der Waals surface area (Å²) in [7, 11) is 0. The van der Waals surface area contributed by atoms with Gasteiger partial charge in [-0.05, 0) is 53.0 Å². The third kappa shape index (κ3) is 3.98. The molecule has 22 heavy (non-hydrogen) atoms. The Labute approximate surface area is 158 Å². The van der Waals surface area contributed by atoms with Gasteiger partial charge in [-0.15, -0.1) is 0 Å². The van der Waals surface area contributed by atoms with Gasteiger partial charge in [-0.3, -0.25) is 9.22 Å². The molecule has 0 N–H and O–H groups in total. The minimum atomic E-state index is -2.19. The molecule has 0 amide bonds. The van der Waals surface area contributed by atoms with Crippen LogP contribution in [0.15, 0.2) is 58.5 Å². The van der Waals surface area contributed by atoms with Crippen molar-refractivity contribution in [2.24, 2.45) is 5.10 Å². The van der Waals surface area contributed by atoms with Crippen LogP contribution in [0.25, 0.3) is 0 Å². The minimum Gasteiger partial charge on any atom is -0.768 e. The molecule has 2 aromatic rings. The Balaban J connectivity index is 0.00000176. The number of rotatable bonds is 3. The zero-order valence-electron chi connectivity index (χ0n) is 12.0. The number of hydrazone groups is 1. The Kier molecular flexibility index (Phi) is 6.20. The molecular weight excluding hydrogens is 331 g/mol. The average molecular weight is 343 g/mol. The average Bonchev–Trinajstić information content (AvgIpc) is 2.98. The molecule has 1 heterocycles. The minimum absolute atomic E-state index is 0. The van der Waals surface area contributed by atoms with Crippen LogP contribution in [0.3, 0.4) is 0 Å². The van der Waals surface area contributed by atoms with Gasteiger partial charge in [0.1, 0.15) is 0 Å². The van der Waals surface area contributed by atoms with Crippen LogP contribution in [0.1, 0.15) is 12.0 Å². The second-order valence-corrected chi connectivity index (χ2v) is 6.03. The van der Waals surface area contributed by atoms with Gasteiger partial charge in [-0.1, -0.05) is 23.7 Å². The molecule has 2 aromatic carbocycles. The van der Waals surface area contributed by atoms with Crippen molar-refractivity contribution in [3.63, 3.8) is 0 Å². The molecule has 0 bridgehead atoms. The maximum absolute atomic E-state index is 10.8. The first-order valence-corrected chi connectivity index (χ1v) is 7.89. The van der Waals surface area contributed by atoms with E-state index in [1.54, 1.807) is 24.3 Å². The first kappa shape index (κ1) is 17.7. The fourth-order valence-corrected chi connectivity index (χ4v) is 2.70. The molecule has 0 fully saturated rings. The maximum Gasteiger partial charge on any atom is 1.00 e. The normalized spacial score (nSPS) is 15.2. The summed E-state index contributed by atoms with van der Waals surface area (Å²) in [5.74, 6) is 0. The van der Waals surface area contributed by atoms with Gasteiger partial charge in [-0.2, -0.15) is 5.10 Å². The van der Waals surface area contributed by atoms with Crippen LogP contribution in [0.4, 0.5) is 5.69 Å². The monoisotopic (exact) mass is 342 g/mol. The van der Waals surface area contributed by atoms with E-state index in [2.05, 4.69) is 5.10 Å². The Morgan fingerprint density at radius 3 is 2.32 bits per heavy atom. The first-order valence-electron chi connectivity index (χ1n) is 6.44. The molecule has 0 aliphatic carbocycles. The maximum atomic E-state index is 10.8. The predicted octanol–water partition coefficient (Wildman–Crippen LogP) is 0.196. The van der Waals surface area contributed by atoms with Crippen LogP contribution < -0.4 is 34.6 Å². The van der Waals surface area contributed by atoms with Gasteiger partial charge < -0.3 is 4.55 Å². The molecule has 4 nitrogen and oxygen atoms in total. The Bertz CT molecular complexity index is 704. The van der Waals surface area contributed by atoms with E-state index in [9.17, 15) is 8.76 Å². The number of halogens is 1. The predicted molar refractivity (Wildman–Crippen MR) is 83.6 cm³/mol. The van der Waals surface area contributed by atoms with Crippen molar-refractivity contribution in [3.05, 3.63) is 59.1 Å². The number of anilines is 1. The van der Waals surface area contributed by atoms with Crippen molar-refractivity contribution >= 4 is 34.1 Å². The van der Waals surface area contributed by atoms with Crippen molar-refractivity contribution in [2.45, 2.75) is 11.3 Å². The third-order valence-corrected chi connectivity index (χ3v) is 4.22. The van der Waals surface area contributed by atoms with Crippen molar-refractivity contribution in [1.82, 2.24) is 0 Å². The van der Waals surface area contributed by atoms with Crippen molar-refractivity contribution in [2.75, 3.05) is 11.6 Å². The van der Waals surface area contributed by atoms with Crippen molar-refractivity contribution < 1.29 is 38.3 Å². The van der Waals surface area contributed by atoms with Gasteiger partial charge in [0.15, 0.2) is 0 Å². The Hall–Kier alpha value is -0.690. The molecule has 1 aliphatic heterocycles. The van der Waals surface area contributed by atoms with E-state index in [1.165, 1.54) is 0 Å². The summed E-state index contributed by atoms with van der Waals surface area (Å²) < 4.78 is 21.7.